The van der Waals surface area contributed by atoms with E-state index in [0.717, 1.165) is 0 Å². The molecule has 0 aliphatic carbocycles. The van der Waals surface area contributed by atoms with Crippen LogP contribution in [0.25, 0.3) is 11.1 Å². The molecular weight excluding hydrogens is 166 g/mol. The Morgan fingerprint density at radius 3 is 3.00 bits per heavy atom. The molecule has 0 atom stereocenters. The molecule has 0 aliphatic heterocycles. The summed E-state index contributed by atoms with van der Waals surface area (Å²) in [5, 5.41) is 8.70. The van der Waals surface area contributed by atoms with Crippen molar-refractivity contribution in [1.82, 2.24) is 4.98 Å². The summed E-state index contributed by atoms with van der Waals surface area (Å²) in [5.41, 5.74) is 7.74. The van der Waals surface area contributed by atoms with Gasteiger partial charge in [0, 0.05) is 13.0 Å². The third-order valence-electron chi connectivity index (χ3n) is 1.79. The predicted molar refractivity (Wildman–Crippen MR) is 47.9 cm³/mol. The van der Waals surface area contributed by atoms with Gasteiger partial charge in [-0.3, -0.25) is 0 Å². The molecule has 2 N–H and O–H groups in total. The average molecular weight is 173 g/mol. The lowest BCUT2D eigenvalue weighted by molar-refractivity contribution is 0.561. The van der Waals surface area contributed by atoms with Crippen LogP contribution in [0.1, 0.15) is 11.5 Å². The van der Waals surface area contributed by atoms with E-state index in [1.807, 2.05) is 6.07 Å². The summed E-state index contributed by atoms with van der Waals surface area (Å²) in [6.07, 6.45) is 0. The lowest BCUT2D eigenvalue weighted by Crippen LogP contribution is -1.89. The summed E-state index contributed by atoms with van der Waals surface area (Å²) < 4.78 is 5.25. The van der Waals surface area contributed by atoms with Crippen molar-refractivity contribution in [2.45, 2.75) is 6.92 Å². The lowest BCUT2D eigenvalue weighted by atomic mass is 10.2. The Morgan fingerprint density at radius 2 is 2.31 bits per heavy atom. The SMILES string of the molecule is Cc1nc2cc(C#N)c(N)cc2o1. The van der Waals surface area contributed by atoms with E-state index in [2.05, 4.69) is 4.98 Å². The molecule has 1 heterocycles. The lowest BCUT2D eigenvalue weighted by Gasteiger charge is -1.94. The molecule has 0 unspecified atom stereocenters. The fourth-order valence-corrected chi connectivity index (χ4v) is 1.20. The van der Waals surface area contributed by atoms with Crippen LogP contribution in [0.15, 0.2) is 16.5 Å². The summed E-state index contributed by atoms with van der Waals surface area (Å²) in [6.45, 7) is 1.75. The van der Waals surface area contributed by atoms with E-state index in [1.165, 1.54) is 0 Å². The predicted octanol–water partition coefficient (Wildman–Crippen LogP) is 1.59. The second-order valence-electron chi connectivity index (χ2n) is 2.75. The maximum absolute atomic E-state index is 8.70. The minimum atomic E-state index is 0.422. The van der Waals surface area contributed by atoms with Crippen LogP contribution in [0.4, 0.5) is 5.69 Å². The van der Waals surface area contributed by atoms with E-state index in [9.17, 15) is 0 Å². The molecule has 0 radical (unpaired) electrons. The molecule has 0 saturated heterocycles. The van der Waals surface area contributed by atoms with Gasteiger partial charge in [-0.15, -0.1) is 0 Å². The van der Waals surface area contributed by atoms with Crippen LogP contribution in [0.2, 0.25) is 0 Å². The van der Waals surface area contributed by atoms with Crippen molar-refractivity contribution in [3.05, 3.63) is 23.6 Å². The van der Waals surface area contributed by atoms with Gasteiger partial charge in [-0.1, -0.05) is 0 Å². The third-order valence-corrected chi connectivity index (χ3v) is 1.79. The van der Waals surface area contributed by atoms with Gasteiger partial charge in [-0.05, 0) is 6.07 Å². The zero-order chi connectivity index (χ0) is 9.42. The van der Waals surface area contributed by atoms with Crippen molar-refractivity contribution in [3.63, 3.8) is 0 Å². The number of nitrogens with two attached hydrogens (primary N) is 1. The summed E-state index contributed by atoms with van der Waals surface area (Å²) in [4.78, 5) is 4.09. The van der Waals surface area contributed by atoms with Crippen molar-refractivity contribution in [1.29, 1.82) is 5.26 Å². The Kier molecular flexibility index (Phi) is 1.46. The van der Waals surface area contributed by atoms with Gasteiger partial charge < -0.3 is 10.2 Å². The number of nitriles is 1. The number of anilines is 1. The molecule has 64 valence electrons. The Morgan fingerprint density at radius 1 is 1.54 bits per heavy atom. The fraction of sp³-hybridized carbons (Fsp3) is 0.111. The van der Waals surface area contributed by atoms with Crippen LogP contribution in [-0.2, 0) is 0 Å². The van der Waals surface area contributed by atoms with Crippen molar-refractivity contribution < 1.29 is 4.42 Å². The highest BCUT2D eigenvalue weighted by Gasteiger charge is 2.06. The molecule has 2 rings (SSSR count). The average Bonchev–Trinajstić information content (AvgIpc) is 2.42. The zero-order valence-corrected chi connectivity index (χ0v) is 7.03. The van der Waals surface area contributed by atoms with Gasteiger partial charge in [-0.2, -0.15) is 5.26 Å². The molecule has 0 spiro atoms. The molecule has 0 amide bonds. The first kappa shape index (κ1) is 7.62. The van der Waals surface area contributed by atoms with E-state index in [-0.39, 0.29) is 0 Å². The number of hydrogen-bond acceptors (Lipinski definition) is 4. The summed E-state index contributed by atoms with van der Waals surface area (Å²) >= 11 is 0. The largest absolute Gasteiger partial charge is 0.441 e. The molecule has 0 saturated carbocycles. The number of hydrogen-bond donors (Lipinski definition) is 1. The minimum Gasteiger partial charge on any atom is -0.441 e. The van der Waals surface area contributed by atoms with Gasteiger partial charge >= 0.3 is 0 Å². The first-order valence-corrected chi connectivity index (χ1v) is 3.77. The highest BCUT2D eigenvalue weighted by atomic mass is 16.3. The number of oxazole rings is 1. The first-order valence-electron chi connectivity index (χ1n) is 3.77. The molecule has 4 nitrogen and oxygen atoms in total. The molecule has 2 aromatic rings. The highest BCUT2D eigenvalue weighted by molar-refractivity contribution is 5.80. The number of nitrogens with zero attached hydrogens (tertiary/aromatic N) is 2. The molecule has 13 heavy (non-hydrogen) atoms. The summed E-state index contributed by atoms with van der Waals surface area (Å²) in [6, 6.07) is 5.24. The van der Waals surface area contributed by atoms with Gasteiger partial charge in [-0.25, -0.2) is 4.98 Å². The summed E-state index contributed by atoms with van der Waals surface area (Å²) in [7, 11) is 0. The van der Waals surface area contributed by atoms with Gasteiger partial charge in [0.05, 0.1) is 11.3 Å². The minimum absolute atomic E-state index is 0.422. The van der Waals surface area contributed by atoms with E-state index in [4.69, 9.17) is 15.4 Å². The van der Waals surface area contributed by atoms with Crippen molar-refractivity contribution in [3.8, 4) is 6.07 Å². The molecule has 4 heteroatoms. The number of nitrogen functional groups attached to an aromatic ring is 1. The van der Waals surface area contributed by atoms with Gasteiger partial charge in [0.1, 0.15) is 11.6 Å². The van der Waals surface area contributed by atoms with Crippen LogP contribution < -0.4 is 5.73 Å². The van der Waals surface area contributed by atoms with Crippen LogP contribution >= 0.6 is 0 Å². The number of rotatable bonds is 0. The summed E-state index contributed by atoms with van der Waals surface area (Å²) in [5.74, 6) is 0.574. The second-order valence-corrected chi connectivity index (χ2v) is 2.75. The molecule has 0 fully saturated rings. The monoisotopic (exact) mass is 173 g/mol. The van der Waals surface area contributed by atoms with Crippen molar-refractivity contribution in [2.24, 2.45) is 0 Å². The molecule has 1 aromatic heterocycles. The van der Waals surface area contributed by atoms with Crippen molar-refractivity contribution >= 4 is 16.8 Å². The quantitative estimate of drug-likeness (QED) is 0.614. The second kappa shape index (κ2) is 2.49. The van der Waals surface area contributed by atoms with Gasteiger partial charge in [0.25, 0.3) is 0 Å². The van der Waals surface area contributed by atoms with Crippen LogP contribution in [-0.4, -0.2) is 4.98 Å². The van der Waals surface area contributed by atoms with Crippen LogP contribution in [0.5, 0.6) is 0 Å². The van der Waals surface area contributed by atoms with Crippen LogP contribution in [0, 0.1) is 18.3 Å². The number of benzene rings is 1. The van der Waals surface area contributed by atoms with Gasteiger partial charge in [0.15, 0.2) is 11.5 Å². The Balaban J connectivity index is 2.82. The van der Waals surface area contributed by atoms with E-state index in [0.29, 0.717) is 28.2 Å². The Bertz CT molecular complexity index is 507. The molecular formula is C9H7N3O. The zero-order valence-electron chi connectivity index (χ0n) is 7.03. The molecule has 0 aliphatic rings. The Labute approximate surface area is 74.6 Å². The molecule has 0 bridgehead atoms. The number of aryl methyl sites for hydroxylation is 1. The topological polar surface area (TPSA) is 75.8 Å². The maximum Gasteiger partial charge on any atom is 0.192 e. The van der Waals surface area contributed by atoms with E-state index < -0.39 is 0 Å². The van der Waals surface area contributed by atoms with E-state index >= 15 is 0 Å². The maximum atomic E-state index is 8.70. The standard InChI is InChI=1S/C9H7N3O/c1-5-12-8-2-6(4-10)7(11)3-9(8)13-5/h2-3H,11H2,1H3. The smallest absolute Gasteiger partial charge is 0.192 e. The van der Waals surface area contributed by atoms with E-state index in [1.54, 1.807) is 19.1 Å². The number of fused-ring (bicyclic) bond motifs is 1. The van der Waals surface area contributed by atoms with Gasteiger partial charge in [0.2, 0.25) is 0 Å². The van der Waals surface area contributed by atoms with Crippen molar-refractivity contribution in [2.75, 3.05) is 5.73 Å². The third kappa shape index (κ3) is 1.11. The molecule has 1 aromatic carbocycles. The first-order chi connectivity index (χ1) is 6.20. The fourth-order valence-electron chi connectivity index (χ4n) is 1.20. The number of aromatic nitrogens is 1. The Hall–Kier alpha value is -2.02. The normalized spacial score (nSPS) is 10.2. The van der Waals surface area contributed by atoms with Crippen LogP contribution in [0.3, 0.4) is 0 Å². The highest BCUT2D eigenvalue weighted by Crippen LogP contribution is 2.21.